The Kier molecular flexibility index (Phi) is 5.23. The lowest BCUT2D eigenvalue weighted by molar-refractivity contribution is -0.300. The molecule has 0 radical (unpaired) electrons. The molecule has 1 unspecified atom stereocenters. The number of benzene rings is 1. The number of allylic oxidation sites excluding steroid dienone is 2. The number of thiol groups is 1. The Bertz CT molecular complexity index is 728. The Morgan fingerprint density at radius 2 is 2.04 bits per heavy atom. The van der Waals surface area contributed by atoms with E-state index >= 15 is 0 Å². The van der Waals surface area contributed by atoms with Gasteiger partial charge in [0.05, 0.1) is 11.3 Å². The highest BCUT2D eigenvalue weighted by atomic mass is 32.2. The van der Waals surface area contributed by atoms with Crippen molar-refractivity contribution in [3.05, 3.63) is 46.4 Å². The molecule has 0 spiro atoms. The lowest BCUT2D eigenvalue weighted by atomic mass is 10.1. The van der Waals surface area contributed by atoms with Gasteiger partial charge in [-0.25, -0.2) is 4.79 Å². The topological polar surface area (TPSA) is 75.6 Å². The molecule has 1 atom stereocenters. The second-order valence-corrected chi connectivity index (χ2v) is 6.70. The number of halogens is 3. The molecule has 0 aliphatic carbocycles. The molecule has 1 aromatic carbocycles. The number of hydrogen-bond donors (Lipinski definition) is 3. The lowest BCUT2D eigenvalue weighted by Crippen LogP contribution is -2.14. The molecular weight excluding hydrogens is 347 g/mol. The minimum atomic E-state index is -4.82. The molecule has 2 rings (SSSR count). The van der Waals surface area contributed by atoms with E-state index in [4.69, 9.17) is 0 Å². The number of carbonyl (C=O) groups excluding carboxylic acids is 1. The highest BCUT2D eigenvalue weighted by molar-refractivity contribution is 8.23. The molecule has 24 heavy (non-hydrogen) atoms. The molecule has 1 heterocycles. The predicted molar refractivity (Wildman–Crippen MR) is 83.9 cm³/mol. The van der Waals surface area contributed by atoms with E-state index in [1.807, 2.05) is 0 Å². The quantitative estimate of drug-likeness (QED) is 0.693. The van der Waals surface area contributed by atoms with Crippen molar-refractivity contribution >= 4 is 28.5 Å². The van der Waals surface area contributed by atoms with Crippen molar-refractivity contribution in [2.45, 2.75) is 24.6 Å². The number of carboxylic acids is 1. The molecular formula is C15H14F3NO4S. The molecule has 0 saturated heterocycles. The highest BCUT2D eigenvalue weighted by Gasteiger charge is 2.34. The number of rotatable bonds is 5. The van der Waals surface area contributed by atoms with Crippen LogP contribution in [0.2, 0.25) is 0 Å². The van der Waals surface area contributed by atoms with Crippen LogP contribution in [-0.4, -0.2) is 23.3 Å². The van der Waals surface area contributed by atoms with E-state index in [2.05, 4.69) is 10.1 Å². The molecule has 9 heteroatoms. The van der Waals surface area contributed by atoms with Crippen LogP contribution in [0.4, 0.5) is 18.9 Å². The second kappa shape index (κ2) is 7.00. The van der Waals surface area contributed by atoms with Crippen molar-refractivity contribution in [3.63, 3.8) is 0 Å². The third-order valence-electron chi connectivity index (χ3n) is 3.04. The zero-order valence-electron chi connectivity index (χ0n) is 12.4. The molecule has 130 valence electrons. The first-order chi connectivity index (χ1) is 11.2. The predicted octanol–water partition coefficient (Wildman–Crippen LogP) is 4.00. The van der Waals surface area contributed by atoms with Crippen LogP contribution >= 0.6 is 10.9 Å². The normalized spacial score (nSPS) is 18.2. The van der Waals surface area contributed by atoms with Crippen molar-refractivity contribution in [2.75, 3.05) is 5.32 Å². The van der Waals surface area contributed by atoms with Gasteiger partial charge in [0.15, 0.2) is 5.09 Å². The Balaban J connectivity index is 2.33. The van der Waals surface area contributed by atoms with Gasteiger partial charge in [0.1, 0.15) is 0 Å². The fraction of sp³-hybridized carbons (Fsp3) is 0.200. The number of alkyl halides is 3. The van der Waals surface area contributed by atoms with Crippen LogP contribution in [0.25, 0.3) is 0 Å². The Hall–Kier alpha value is -2.42. The van der Waals surface area contributed by atoms with Crippen molar-refractivity contribution in [3.8, 4) is 0 Å². The minimum Gasteiger partial charge on any atom is -0.478 e. The summed E-state index contributed by atoms with van der Waals surface area (Å²) in [5.74, 6) is -1.65. The lowest BCUT2D eigenvalue weighted by Gasteiger charge is -2.21. The number of anilines is 1. The van der Waals surface area contributed by atoms with Gasteiger partial charge in [-0.1, -0.05) is 13.0 Å². The van der Waals surface area contributed by atoms with Crippen LogP contribution in [0, 0.1) is 0 Å². The van der Waals surface area contributed by atoms with Gasteiger partial charge in [-0.15, -0.1) is 24.1 Å². The summed E-state index contributed by atoms with van der Waals surface area (Å²) >= 11 is 0. The molecule has 1 aromatic rings. The van der Waals surface area contributed by atoms with Gasteiger partial charge in [-0.3, -0.25) is 4.79 Å². The van der Waals surface area contributed by atoms with Crippen LogP contribution in [0.3, 0.4) is 0 Å². The third-order valence-corrected chi connectivity index (χ3v) is 5.06. The molecule has 0 saturated carbocycles. The van der Waals surface area contributed by atoms with Crippen LogP contribution in [0.1, 0.15) is 23.7 Å². The summed E-state index contributed by atoms with van der Waals surface area (Å²) in [7, 11) is -1.58. The van der Waals surface area contributed by atoms with Crippen molar-refractivity contribution < 1.29 is 32.6 Å². The molecule has 5 nitrogen and oxygen atoms in total. The minimum absolute atomic E-state index is 0.0959. The average molecular weight is 361 g/mol. The van der Waals surface area contributed by atoms with Crippen LogP contribution in [-0.2, 0) is 9.53 Å². The summed E-state index contributed by atoms with van der Waals surface area (Å²) in [4.78, 5) is 23.2. The number of ether oxygens (including phenoxy) is 1. The number of aromatic carboxylic acids is 1. The monoisotopic (exact) mass is 361 g/mol. The van der Waals surface area contributed by atoms with E-state index in [0.717, 1.165) is 0 Å². The van der Waals surface area contributed by atoms with Crippen LogP contribution in [0.5, 0.6) is 0 Å². The fourth-order valence-corrected chi connectivity index (χ4v) is 3.77. The summed E-state index contributed by atoms with van der Waals surface area (Å²) < 4.78 is 41.3. The van der Waals surface area contributed by atoms with E-state index in [1.165, 1.54) is 35.8 Å². The van der Waals surface area contributed by atoms with Gasteiger partial charge in [0.2, 0.25) is 5.91 Å². The first-order valence-corrected chi connectivity index (χ1v) is 8.23. The molecule has 2 N–H and O–H groups in total. The smallest absolute Gasteiger partial charge is 0.478 e. The molecule has 0 fully saturated rings. The number of carboxylic acid groups (broad SMARTS) is 1. The Morgan fingerprint density at radius 3 is 2.62 bits per heavy atom. The van der Waals surface area contributed by atoms with Crippen LogP contribution < -0.4 is 5.32 Å². The summed E-state index contributed by atoms with van der Waals surface area (Å²) in [5, 5.41) is 13.0. The maximum absolute atomic E-state index is 12.4. The maximum atomic E-state index is 12.4. The standard InChI is InChI=1S/C15H14F3NO4S/c1-2-12(20)19-11-6-5-9(8-10(11)14(21)22)24-7-3-4-13(24)23-15(16,17)18/h3-8,24H,2H2,1H3,(H,19,20)(H,21,22). The highest BCUT2D eigenvalue weighted by Crippen LogP contribution is 2.51. The van der Waals surface area contributed by atoms with Crippen molar-refractivity contribution in [2.24, 2.45) is 0 Å². The summed E-state index contributed by atoms with van der Waals surface area (Å²) in [6, 6.07) is 4.10. The van der Waals surface area contributed by atoms with Crippen molar-refractivity contribution in [1.29, 1.82) is 0 Å². The zero-order chi connectivity index (χ0) is 17.9. The third kappa shape index (κ3) is 4.31. The van der Waals surface area contributed by atoms with Crippen LogP contribution in [0.15, 0.2) is 45.7 Å². The van der Waals surface area contributed by atoms with Crippen molar-refractivity contribution in [1.82, 2.24) is 0 Å². The van der Waals surface area contributed by atoms with E-state index in [1.54, 1.807) is 6.92 Å². The van der Waals surface area contributed by atoms with Gasteiger partial charge >= 0.3 is 12.3 Å². The number of hydrogen-bond acceptors (Lipinski definition) is 3. The van der Waals surface area contributed by atoms with E-state index in [0.29, 0.717) is 4.90 Å². The summed E-state index contributed by atoms with van der Waals surface area (Å²) in [6.07, 6.45) is -2.02. The molecule has 0 aromatic heterocycles. The number of carbonyl (C=O) groups is 2. The van der Waals surface area contributed by atoms with Gasteiger partial charge < -0.3 is 15.2 Å². The second-order valence-electron chi connectivity index (χ2n) is 4.70. The summed E-state index contributed by atoms with van der Waals surface area (Å²) in [6.45, 7) is 1.61. The van der Waals surface area contributed by atoms with Gasteiger partial charge in [-0.05, 0) is 34.6 Å². The van der Waals surface area contributed by atoms with E-state index < -0.39 is 23.2 Å². The largest absolute Gasteiger partial charge is 0.573 e. The molecule has 1 amide bonds. The average Bonchev–Trinajstić information content (AvgIpc) is 2.93. The van der Waals surface area contributed by atoms with E-state index in [-0.39, 0.29) is 28.7 Å². The number of nitrogens with one attached hydrogen (secondary N) is 1. The first kappa shape index (κ1) is 17.9. The van der Waals surface area contributed by atoms with Gasteiger partial charge in [0.25, 0.3) is 0 Å². The number of amides is 1. The van der Waals surface area contributed by atoms with Gasteiger partial charge in [0, 0.05) is 6.42 Å². The SMILES string of the molecule is CCC(=O)Nc1ccc([SH]2C=CC=C2OC(F)(F)F)cc1C(=O)O. The Morgan fingerprint density at radius 1 is 1.33 bits per heavy atom. The fourth-order valence-electron chi connectivity index (χ4n) is 1.99. The zero-order valence-corrected chi connectivity index (χ0v) is 13.3. The van der Waals surface area contributed by atoms with E-state index in [9.17, 15) is 27.9 Å². The molecule has 1 aliphatic heterocycles. The maximum Gasteiger partial charge on any atom is 0.573 e. The first-order valence-electron chi connectivity index (χ1n) is 6.82. The molecule has 1 aliphatic rings. The molecule has 0 bridgehead atoms. The van der Waals surface area contributed by atoms with Gasteiger partial charge in [-0.2, -0.15) is 0 Å². The summed E-state index contributed by atoms with van der Waals surface area (Å²) in [5.41, 5.74) is -0.0954. The Labute approximate surface area is 138 Å².